The number of aromatic nitrogens is 2. The van der Waals surface area contributed by atoms with Crippen LogP contribution in [-0.4, -0.2) is 70.1 Å². The van der Waals surface area contributed by atoms with Crippen molar-refractivity contribution in [2.45, 2.75) is 19.1 Å². The predicted octanol–water partition coefficient (Wildman–Crippen LogP) is 0.955. The third-order valence-electron chi connectivity index (χ3n) is 5.02. The van der Waals surface area contributed by atoms with Crippen LogP contribution in [0.15, 0.2) is 43.0 Å². The van der Waals surface area contributed by atoms with Gasteiger partial charge in [-0.05, 0) is 19.1 Å². The van der Waals surface area contributed by atoms with Gasteiger partial charge in [0.15, 0.2) is 11.5 Å². The van der Waals surface area contributed by atoms with Crippen LogP contribution in [0.2, 0.25) is 0 Å². The fourth-order valence-electron chi connectivity index (χ4n) is 3.38. The Hall–Kier alpha value is -3.03. The van der Waals surface area contributed by atoms with Gasteiger partial charge < -0.3 is 23.8 Å². The first-order valence-electron chi connectivity index (χ1n) is 9.07. The molecular weight excluding hydrogens is 348 g/mol. The Balaban J connectivity index is 1.33. The maximum atomic E-state index is 12.8. The van der Waals surface area contributed by atoms with E-state index >= 15 is 0 Å². The molecule has 0 saturated carbocycles. The summed E-state index contributed by atoms with van der Waals surface area (Å²) in [6.45, 7) is 4.05. The van der Waals surface area contributed by atoms with Crippen molar-refractivity contribution in [3.8, 4) is 11.5 Å². The van der Waals surface area contributed by atoms with Crippen LogP contribution in [0.4, 0.5) is 0 Å². The number of ether oxygens (including phenoxy) is 2. The summed E-state index contributed by atoms with van der Waals surface area (Å²) in [6.07, 6.45) is 4.43. The predicted molar refractivity (Wildman–Crippen MR) is 96.5 cm³/mol. The molecule has 1 fully saturated rings. The first-order chi connectivity index (χ1) is 13.1. The van der Waals surface area contributed by atoms with E-state index in [-0.39, 0.29) is 24.5 Å². The molecule has 0 aliphatic carbocycles. The fourth-order valence-corrected chi connectivity index (χ4v) is 3.38. The van der Waals surface area contributed by atoms with Gasteiger partial charge in [-0.2, -0.15) is 0 Å². The SMILES string of the molecule is C[C@@H](C(=O)N1CCN(C(=O)[C@H]2COc3ccccc3O2)CC1)n1ccnc1. The number of fused-ring (bicyclic) bond motifs is 1. The monoisotopic (exact) mass is 370 g/mol. The van der Waals surface area contributed by atoms with Crippen molar-refractivity contribution in [2.24, 2.45) is 0 Å². The minimum absolute atomic E-state index is 0.0336. The van der Waals surface area contributed by atoms with Gasteiger partial charge in [-0.1, -0.05) is 12.1 Å². The molecule has 2 aliphatic rings. The summed E-state index contributed by atoms with van der Waals surface area (Å²) in [5, 5.41) is 0. The molecule has 8 heteroatoms. The van der Waals surface area contributed by atoms with Crippen LogP contribution in [0.25, 0.3) is 0 Å². The lowest BCUT2D eigenvalue weighted by Crippen LogP contribution is -2.55. The van der Waals surface area contributed by atoms with Crippen LogP contribution in [0, 0.1) is 0 Å². The number of carbonyl (C=O) groups is 2. The summed E-state index contributed by atoms with van der Waals surface area (Å²) in [4.78, 5) is 32.9. The zero-order chi connectivity index (χ0) is 18.8. The first kappa shape index (κ1) is 17.4. The molecule has 2 aliphatic heterocycles. The van der Waals surface area contributed by atoms with Gasteiger partial charge in [0.2, 0.25) is 12.0 Å². The highest BCUT2D eigenvalue weighted by Crippen LogP contribution is 2.31. The second kappa shape index (κ2) is 7.30. The third kappa shape index (κ3) is 3.47. The van der Waals surface area contributed by atoms with Crippen LogP contribution in [-0.2, 0) is 9.59 Å². The molecule has 8 nitrogen and oxygen atoms in total. The van der Waals surface area contributed by atoms with Gasteiger partial charge in [-0.15, -0.1) is 0 Å². The van der Waals surface area contributed by atoms with E-state index in [2.05, 4.69) is 4.98 Å². The molecular formula is C19H22N4O4. The summed E-state index contributed by atoms with van der Waals surface area (Å²) in [5.74, 6) is 1.18. The largest absolute Gasteiger partial charge is 0.485 e. The Kier molecular flexibility index (Phi) is 4.70. The van der Waals surface area contributed by atoms with E-state index in [1.54, 1.807) is 39.2 Å². The molecule has 2 amide bonds. The van der Waals surface area contributed by atoms with Gasteiger partial charge in [0.05, 0.1) is 6.33 Å². The smallest absolute Gasteiger partial charge is 0.267 e. The van der Waals surface area contributed by atoms with E-state index in [9.17, 15) is 9.59 Å². The number of carbonyl (C=O) groups excluding carboxylic acids is 2. The van der Waals surface area contributed by atoms with Crippen molar-refractivity contribution < 1.29 is 19.1 Å². The second-order valence-corrected chi connectivity index (χ2v) is 6.70. The summed E-state index contributed by atoms with van der Waals surface area (Å²) in [7, 11) is 0. The van der Waals surface area contributed by atoms with Gasteiger partial charge in [0, 0.05) is 38.6 Å². The molecule has 0 unspecified atom stereocenters. The number of rotatable bonds is 3. The number of para-hydroxylation sites is 2. The Morgan fingerprint density at radius 1 is 1.11 bits per heavy atom. The maximum Gasteiger partial charge on any atom is 0.267 e. The zero-order valence-electron chi connectivity index (χ0n) is 15.2. The van der Waals surface area contributed by atoms with Gasteiger partial charge in [0.1, 0.15) is 12.6 Å². The molecule has 4 rings (SSSR count). The molecule has 2 atom stereocenters. The van der Waals surface area contributed by atoms with E-state index in [1.165, 1.54) is 0 Å². The van der Waals surface area contributed by atoms with Crippen LogP contribution in [0.5, 0.6) is 11.5 Å². The normalized spacial score (nSPS) is 20.3. The van der Waals surface area contributed by atoms with Gasteiger partial charge in [-0.3, -0.25) is 9.59 Å². The molecule has 3 heterocycles. The van der Waals surface area contributed by atoms with Crippen molar-refractivity contribution in [3.05, 3.63) is 43.0 Å². The number of benzene rings is 1. The number of hydrogen-bond acceptors (Lipinski definition) is 5. The van der Waals surface area contributed by atoms with Crippen LogP contribution in [0.3, 0.4) is 0 Å². The molecule has 0 N–H and O–H groups in total. The van der Waals surface area contributed by atoms with Crippen LogP contribution < -0.4 is 9.47 Å². The number of amides is 2. The van der Waals surface area contributed by atoms with Crippen LogP contribution >= 0.6 is 0 Å². The standard InChI is InChI=1S/C19H22N4O4/c1-14(23-7-6-20-13-23)18(24)21-8-10-22(11-9-21)19(25)17-12-26-15-4-2-3-5-16(15)27-17/h2-7,13-14,17H,8-12H2,1H3/t14-,17+/m0/s1. The zero-order valence-corrected chi connectivity index (χ0v) is 15.2. The summed E-state index contributed by atoms with van der Waals surface area (Å²) in [6, 6.07) is 7.03. The average molecular weight is 370 g/mol. The van der Waals surface area contributed by atoms with Crippen LogP contribution in [0.1, 0.15) is 13.0 Å². The Labute approximate surface area is 157 Å². The van der Waals surface area contributed by atoms with E-state index < -0.39 is 6.10 Å². The van der Waals surface area contributed by atoms with Crippen molar-refractivity contribution in [1.82, 2.24) is 19.4 Å². The van der Waals surface area contributed by atoms with E-state index in [4.69, 9.17) is 9.47 Å². The van der Waals surface area contributed by atoms with Gasteiger partial charge in [-0.25, -0.2) is 4.98 Å². The minimum atomic E-state index is -0.646. The minimum Gasteiger partial charge on any atom is -0.485 e. The molecule has 1 aromatic carbocycles. The molecule has 0 bridgehead atoms. The lowest BCUT2D eigenvalue weighted by Gasteiger charge is -2.38. The van der Waals surface area contributed by atoms with Gasteiger partial charge >= 0.3 is 0 Å². The molecule has 142 valence electrons. The molecule has 0 spiro atoms. The number of hydrogen-bond donors (Lipinski definition) is 0. The lowest BCUT2D eigenvalue weighted by molar-refractivity contribution is -0.147. The summed E-state index contributed by atoms with van der Waals surface area (Å²) in [5.41, 5.74) is 0. The van der Waals surface area contributed by atoms with Crippen molar-refractivity contribution in [1.29, 1.82) is 0 Å². The highest BCUT2D eigenvalue weighted by molar-refractivity contribution is 5.83. The average Bonchev–Trinajstić information content (AvgIpc) is 3.27. The van der Waals surface area contributed by atoms with E-state index in [0.717, 1.165) is 0 Å². The first-order valence-corrected chi connectivity index (χ1v) is 9.07. The Morgan fingerprint density at radius 3 is 2.52 bits per heavy atom. The third-order valence-corrected chi connectivity index (χ3v) is 5.02. The highest BCUT2D eigenvalue weighted by Gasteiger charge is 2.34. The van der Waals surface area contributed by atoms with Crippen molar-refractivity contribution in [3.63, 3.8) is 0 Å². The van der Waals surface area contributed by atoms with E-state index in [1.807, 2.05) is 25.1 Å². The molecule has 27 heavy (non-hydrogen) atoms. The lowest BCUT2D eigenvalue weighted by atomic mass is 10.2. The Bertz CT molecular complexity index is 815. The number of imidazole rings is 1. The highest BCUT2D eigenvalue weighted by atomic mass is 16.6. The molecule has 1 aromatic heterocycles. The number of nitrogens with zero attached hydrogens (tertiary/aromatic N) is 4. The molecule has 1 saturated heterocycles. The van der Waals surface area contributed by atoms with E-state index in [0.29, 0.717) is 37.7 Å². The Morgan fingerprint density at radius 2 is 1.81 bits per heavy atom. The molecule has 2 aromatic rings. The summed E-state index contributed by atoms with van der Waals surface area (Å²) >= 11 is 0. The van der Waals surface area contributed by atoms with Crippen molar-refractivity contribution in [2.75, 3.05) is 32.8 Å². The topological polar surface area (TPSA) is 76.9 Å². The summed E-state index contributed by atoms with van der Waals surface area (Å²) < 4.78 is 13.2. The fraction of sp³-hybridized carbons (Fsp3) is 0.421. The maximum absolute atomic E-state index is 12.8. The number of piperazine rings is 1. The quantitative estimate of drug-likeness (QED) is 0.804. The van der Waals surface area contributed by atoms with Crippen molar-refractivity contribution >= 4 is 11.8 Å². The second-order valence-electron chi connectivity index (χ2n) is 6.70. The molecule has 0 radical (unpaired) electrons. The van der Waals surface area contributed by atoms with Gasteiger partial charge in [0.25, 0.3) is 5.91 Å².